The van der Waals surface area contributed by atoms with Crippen molar-refractivity contribution in [2.45, 2.75) is 6.04 Å². The summed E-state index contributed by atoms with van der Waals surface area (Å²) in [5, 5.41) is 16.6. The number of fused-ring (bicyclic) bond motifs is 1. The third kappa shape index (κ3) is 2.41. The Kier molecular flexibility index (Phi) is 3.24. The van der Waals surface area contributed by atoms with E-state index in [1.165, 1.54) is 12.1 Å². The van der Waals surface area contributed by atoms with Gasteiger partial charge in [0.1, 0.15) is 11.6 Å². The SMILES string of the molecule is CNc1cc([N+](=O)[O-])cc(N2CCN3C(=O)NCC3C2)n1. The summed E-state index contributed by atoms with van der Waals surface area (Å²) in [6.45, 7) is 2.43. The zero-order valence-corrected chi connectivity index (χ0v) is 11.6. The van der Waals surface area contributed by atoms with Crippen LogP contribution >= 0.6 is 0 Å². The van der Waals surface area contributed by atoms with E-state index >= 15 is 0 Å². The highest BCUT2D eigenvalue weighted by Crippen LogP contribution is 2.25. The van der Waals surface area contributed by atoms with E-state index < -0.39 is 4.92 Å². The van der Waals surface area contributed by atoms with E-state index in [-0.39, 0.29) is 17.8 Å². The Balaban J connectivity index is 1.85. The molecule has 2 aliphatic heterocycles. The zero-order chi connectivity index (χ0) is 15.0. The van der Waals surface area contributed by atoms with Crippen molar-refractivity contribution in [2.75, 3.05) is 43.4 Å². The number of pyridine rings is 1. The normalized spacial score (nSPS) is 21.0. The first kappa shape index (κ1) is 13.4. The molecule has 1 aromatic rings. The lowest BCUT2D eigenvalue weighted by Gasteiger charge is -2.37. The predicted molar refractivity (Wildman–Crippen MR) is 76.5 cm³/mol. The Morgan fingerprint density at radius 3 is 3.00 bits per heavy atom. The van der Waals surface area contributed by atoms with Gasteiger partial charge in [0.2, 0.25) is 0 Å². The van der Waals surface area contributed by atoms with Gasteiger partial charge in [0.05, 0.1) is 23.1 Å². The number of urea groups is 1. The fraction of sp³-hybridized carbons (Fsp3) is 0.500. The molecule has 0 radical (unpaired) electrons. The molecular formula is C12H16N6O3. The van der Waals surface area contributed by atoms with Gasteiger partial charge in [-0.25, -0.2) is 9.78 Å². The number of amides is 2. The maximum absolute atomic E-state index is 11.6. The van der Waals surface area contributed by atoms with Gasteiger partial charge in [0.15, 0.2) is 0 Å². The van der Waals surface area contributed by atoms with Crippen LogP contribution in [0.15, 0.2) is 12.1 Å². The Hall–Kier alpha value is -2.58. The van der Waals surface area contributed by atoms with Gasteiger partial charge in [-0.2, -0.15) is 0 Å². The second-order valence-corrected chi connectivity index (χ2v) is 5.06. The lowest BCUT2D eigenvalue weighted by Crippen LogP contribution is -2.52. The van der Waals surface area contributed by atoms with Crippen LogP contribution in [0.4, 0.5) is 22.1 Å². The fourth-order valence-corrected chi connectivity index (χ4v) is 2.71. The van der Waals surface area contributed by atoms with E-state index in [9.17, 15) is 14.9 Å². The van der Waals surface area contributed by atoms with Crippen molar-refractivity contribution in [3.05, 3.63) is 22.2 Å². The second kappa shape index (κ2) is 5.08. The number of aromatic nitrogens is 1. The van der Waals surface area contributed by atoms with Crippen molar-refractivity contribution in [1.82, 2.24) is 15.2 Å². The molecule has 112 valence electrons. The zero-order valence-electron chi connectivity index (χ0n) is 11.6. The minimum atomic E-state index is -0.428. The summed E-state index contributed by atoms with van der Waals surface area (Å²) in [6, 6.07) is 2.93. The van der Waals surface area contributed by atoms with E-state index in [4.69, 9.17) is 0 Å². The monoisotopic (exact) mass is 292 g/mol. The molecule has 2 fully saturated rings. The summed E-state index contributed by atoms with van der Waals surface area (Å²) in [5.41, 5.74) is 0.00685. The van der Waals surface area contributed by atoms with E-state index in [0.29, 0.717) is 37.8 Å². The number of nitrogens with one attached hydrogen (secondary N) is 2. The number of hydrogen-bond acceptors (Lipinski definition) is 6. The molecule has 21 heavy (non-hydrogen) atoms. The van der Waals surface area contributed by atoms with Crippen molar-refractivity contribution >= 4 is 23.4 Å². The first-order valence-electron chi connectivity index (χ1n) is 6.72. The average molecular weight is 292 g/mol. The Morgan fingerprint density at radius 2 is 2.29 bits per heavy atom. The van der Waals surface area contributed by atoms with Gasteiger partial charge in [-0.3, -0.25) is 10.1 Å². The molecule has 2 saturated heterocycles. The van der Waals surface area contributed by atoms with E-state index in [1.807, 2.05) is 4.90 Å². The highest BCUT2D eigenvalue weighted by molar-refractivity contribution is 5.77. The summed E-state index contributed by atoms with van der Waals surface area (Å²) >= 11 is 0. The van der Waals surface area contributed by atoms with Crippen LogP contribution in [-0.2, 0) is 0 Å². The van der Waals surface area contributed by atoms with Crippen LogP contribution in [0.25, 0.3) is 0 Å². The fourth-order valence-electron chi connectivity index (χ4n) is 2.71. The van der Waals surface area contributed by atoms with Gasteiger partial charge in [-0.05, 0) is 0 Å². The summed E-state index contributed by atoms with van der Waals surface area (Å²) in [5.74, 6) is 1.02. The van der Waals surface area contributed by atoms with Gasteiger partial charge >= 0.3 is 6.03 Å². The molecule has 9 nitrogen and oxygen atoms in total. The molecule has 3 heterocycles. The van der Waals surface area contributed by atoms with Crippen molar-refractivity contribution < 1.29 is 9.72 Å². The number of anilines is 2. The Morgan fingerprint density at radius 1 is 1.48 bits per heavy atom. The molecule has 9 heteroatoms. The summed E-state index contributed by atoms with van der Waals surface area (Å²) in [4.78, 5) is 30.3. The van der Waals surface area contributed by atoms with Crippen molar-refractivity contribution in [3.63, 3.8) is 0 Å². The van der Waals surface area contributed by atoms with Crippen molar-refractivity contribution in [2.24, 2.45) is 0 Å². The topological polar surface area (TPSA) is 104 Å². The summed E-state index contributed by atoms with van der Waals surface area (Å²) in [6.07, 6.45) is 0. The van der Waals surface area contributed by atoms with Crippen LogP contribution < -0.4 is 15.5 Å². The standard InChI is InChI=1S/C12H16N6O3/c1-13-10-4-8(18(20)21)5-11(15-10)16-2-3-17-9(7-16)6-14-12(17)19/h4-5,9H,2-3,6-7H2,1H3,(H,13,15)(H,14,19). The van der Waals surface area contributed by atoms with Crippen LogP contribution in [0, 0.1) is 10.1 Å². The highest BCUT2D eigenvalue weighted by Gasteiger charge is 2.36. The first-order valence-corrected chi connectivity index (χ1v) is 6.72. The molecule has 0 aliphatic carbocycles. The molecule has 2 amide bonds. The molecule has 1 atom stereocenters. The van der Waals surface area contributed by atoms with Crippen molar-refractivity contribution in [3.8, 4) is 0 Å². The summed E-state index contributed by atoms with van der Waals surface area (Å²) in [7, 11) is 1.67. The molecule has 1 aromatic heterocycles. The number of piperazine rings is 1. The van der Waals surface area contributed by atoms with E-state index in [2.05, 4.69) is 15.6 Å². The number of nitro groups is 1. The van der Waals surface area contributed by atoms with Gasteiger partial charge < -0.3 is 20.4 Å². The largest absolute Gasteiger partial charge is 0.373 e. The maximum Gasteiger partial charge on any atom is 0.317 e. The molecule has 0 bridgehead atoms. The summed E-state index contributed by atoms with van der Waals surface area (Å²) < 4.78 is 0. The van der Waals surface area contributed by atoms with Crippen LogP contribution in [0.5, 0.6) is 0 Å². The molecule has 3 rings (SSSR count). The van der Waals surface area contributed by atoms with Gasteiger partial charge in [0, 0.05) is 33.2 Å². The van der Waals surface area contributed by atoms with Gasteiger partial charge in [0.25, 0.3) is 5.69 Å². The third-order valence-corrected chi connectivity index (χ3v) is 3.82. The molecule has 1 unspecified atom stereocenters. The minimum absolute atomic E-state index is 0.00685. The number of nitrogens with zero attached hydrogens (tertiary/aromatic N) is 4. The quantitative estimate of drug-likeness (QED) is 0.611. The van der Waals surface area contributed by atoms with Crippen LogP contribution in [-0.4, -0.2) is 60.1 Å². The first-order chi connectivity index (χ1) is 10.1. The molecular weight excluding hydrogens is 276 g/mol. The molecule has 0 aromatic carbocycles. The van der Waals surface area contributed by atoms with Crippen LogP contribution in [0.1, 0.15) is 0 Å². The smallest absolute Gasteiger partial charge is 0.317 e. The number of carbonyl (C=O) groups is 1. The van der Waals surface area contributed by atoms with Crippen LogP contribution in [0.2, 0.25) is 0 Å². The van der Waals surface area contributed by atoms with Crippen molar-refractivity contribution in [1.29, 1.82) is 0 Å². The molecule has 0 spiro atoms. The molecule has 0 saturated carbocycles. The Bertz CT molecular complexity index is 592. The lowest BCUT2D eigenvalue weighted by atomic mass is 10.2. The highest BCUT2D eigenvalue weighted by atomic mass is 16.6. The molecule has 2 N–H and O–H groups in total. The van der Waals surface area contributed by atoms with Crippen LogP contribution in [0.3, 0.4) is 0 Å². The second-order valence-electron chi connectivity index (χ2n) is 5.06. The third-order valence-electron chi connectivity index (χ3n) is 3.82. The number of rotatable bonds is 3. The molecule has 2 aliphatic rings. The number of carbonyl (C=O) groups excluding carboxylic acids is 1. The maximum atomic E-state index is 11.6. The predicted octanol–water partition coefficient (Wildman–Crippen LogP) is 0.245. The lowest BCUT2D eigenvalue weighted by molar-refractivity contribution is -0.384. The van der Waals surface area contributed by atoms with Gasteiger partial charge in [-0.1, -0.05) is 0 Å². The average Bonchev–Trinajstić information content (AvgIpc) is 2.87. The van der Waals surface area contributed by atoms with Gasteiger partial charge in [-0.15, -0.1) is 0 Å². The van der Waals surface area contributed by atoms with E-state index in [1.54, 1.807) is 11.9 Å². The van der Waals surface area contributed by atoms with E-state index in [0.717, 1.165) is 0 Å². The number of hydrogen-bond donors (Lipinski definition) is 2. The Labute approximate surface area is 121 Å². The minimum Gasteiger partial charge on any atom is -0.373 e.